The number of rotatable bonds is 5. The zero-order valence-corrected chi connectivity index (χ0v) is 11.2. The Labute approximate surface area is 108 Å². The molecule has 1 aromatic rings. The van der Waals surface area contributed by atoms with Crippen LogP contribution in [0.1, 0.15) is 30.9 Å². The van der Waals surface area contributed by atoms with Crippen LogP contribution >= 0.6 is 0 Å². The number of hydrogen-bond acceptors (Lipinski definition) is 3. The third-order valence-corrected chi connectivity index (χ3v) is 5.05. The summed E-state index contributed by atoms with van der Waals surface area (Å²) in [4.78, 5) is 0. The van der Waals surface area contributed by atoms with E-state index in [9.17, 15) is 8.42 Å². The Hall–Kier alpha value is -1.38. The second-order valence-electron chi connectivity index (χ2n) is 4.46. The van der Waals surface area contributed by atoms with Gasteiger partial charge in [-0.25, -0.2) is 8.42 Å². The average Bonchev–Trinajstić information content (AvgIpc) is 3.14. The Morgan fingerprint density at radius 3 is 2.61 bits per heavy atom. The molecule has 0 aliphatic heterocycles. The summed E-state index contributed by atoms with van der Waals surface area (Å²) >= 11 is 0. The minimum Gasteiger partial charge on any atom is -0.212 e. The molecule has 0 bridgehead atoms. The Balaban J connectivity index is 2.24. The summed E-state index contributed by atoms with van der Waals surface area (Å²) in [5, 5.41) is 8.97. The molecule has 0 spiro atoms. The summed E-state index contributed by atoms with van der Waals surface area (Å²) in [6.07, 6.45) is 1.90. The molecule has 0 N–H and O–H groups in total. The summed E-state index contributed by atoms with van der Waals surface area (Å²) in [6, 6.07) is 9.07. The molecular weight excluding hydrogens is 248 g/mol. The monoisotopic (exact) mass is 264 g/mol. The predicted octanol–water partition coefficient (Wildman–Crippen LogP) is 1.87. The van der Waals surface area contributed by atoms with Crippen LogP contribution in [0.2, 0.25) is 0 Å². The van der Waals surface area contributed by atoms with Crippen molar-refractivity contribution in [2.24, 2.45) is 0 Å². The van der Waals surface area contributed by atoms with Gasteiger partial charge in [0.05, 0.1) is 17.4 Å². The normalized spacial score (nSPS) is 15.6. The van der Waals surface area contributed by atoms with Gasteiger partial charge in [0.15, 0.2) is 0 Å². The van der Waals surface area contributed by atoms with E-state index in [-0.39, 0.29) is 11.8 Å². The van der Waals surface area contributed by atoms with Crippen LogP contribution < -0.4 is 0 Å². The van der Waals surface area contributed by atoms with E-state index in [1.165, 1.54) is 0 Å². The third kappa shape index (κ3) is 2.71. The van der Waals surface area contributed by atoms with Crippen LogP contribution in [0.5, 0.6) is 0 Å². The van der Waals surface area contributed by atoms with E-state index in [2.05, 4.69) is 0 Å². The van der Waals surface area contributed by atoms with Crippen molar-refractivity contribution >= 4 is 10.0 Å². The summed E-state index contributed by atoms with van der Waals surface area (Å²) in [7, 11) is -3.31. The van der Waals surface area contributed by atoms with E-state index in [1.807, 2.05) is 13.0 Å². The van der Waals surface area contributed by atoms with Gasteiger partial charge in [0.25, 0.3) is 0 Å². The lowest BCUT2D eigenvalue weighted by atomic mass is 10.1. The van der Waals surface area contributed by atoms with Crippen LogP contribution in [0.15, 0.2) is 24.3 Å². The zero-order chi connectivity index (χ0) is 13.2. The Morgan fingerprint density at radius 2 is 2.06 bits per heavy atom. The first-order valence-corrected chi connectivity index (χ1v) is 7.67. The van der Waals surface area contributed by atoms with Crippen LogP contribution in [0.4, 0.5) is 0 Å². The van der Waals surface area contributed by atoms with Crippen molar-refractivity contribution in [2.45, 2.75) is 31.6 Å². The SMILES string of the molecule is CCN(C1CC1)S(=O)(=O)Cc1ccccc1C#N. The van der Waals surface area contributed by atoms with E-state index in [0.29, 0.717) is 17.7 Å². The van der Waals surface area contributed by atoms with Crippen molar-refractivity contribution in [2.75, 3.05) is 6.54 Å². The molecule has 0 aromatic heterocycles. The first-order chi connectivity index (χ1) is 8.58. The Kier molecular flexibility index (Phi) is 3.69. The second kappa shape index (κ2) is 5.09. The number of nitriles is 1. The molecule has 1 saturated carbocycles. The summed E-state index contributed by atoms with van der Waals surface area (Å²) in [5.74, 6) is -0.0823. The van der Waals surface area contributed by atoms with E-state index < -0.39 is 10.0 Å². The molecule has 1 aromatic carbocycles. The molecular formula is C13H16N2O2S. The maximum absolute atomic E-state index is 12.3. The van der Waals surface area contributed by atoms with Crippen molar-refractivity contribution in [1.29, 1.82) is 5.26 Å². The fraction of sp³-hybridized carbons (Fsp3) is 0.462. The zero-order valence-electron chi connectivity index (χ0n) is 10.3. The van der Waals surface area contributed by atoms with Crippen molar-refractivity contribution in [1.82, 2.24) is 4.31 Å². The molecule has 0 amide bonds. The first kappa shape index (κ1) is 13.1. The highest BCUT2D eigenvalue weighted by atomic mass is 32.2. The van der Waals surface area contributed by atoms with Crippen LogP contribution in [-0.4, -0.2) is 25.3 Å². The van der Waals surface area contributed by atoms with Crippen molar-refractivity contribution < 1.29 is 8.42 Å². The largest absolute Gasteiger partial charge is 0.218 e. The number of sulfonamides is 1. The van der Waals surface area contributed by atoms with Gasteiger partial charge in [-0.1, -0.05) is 25.1 Å². The highest BCUT2D eigenvalue weighted by Gasteiger charge is 2.36. The van der Waals surface area contributed by atoms with Crippen molar-refractivity contribution in [3.63, 3.8) is 0 Å². The molecule has 5 heteroatoms. The van der Waals surface area contributed by atoms with E-state index >= 15 is 0 Å². The smallest absolute Gasteiger partial charge is 0.212 e. The molecule has 0 radical (unpaired) electrons. The van der Waals surface area contributed by atoms with Gasteiger partial charge in [-0.3, -0.25) is 0 Å². The van der Waals surface area contributed by atoms with Gasteiger partial charge in [0, 0.05) is 12.6 Å². The standard InChI is InChI=1S/C13H16N2O2S/c1-2-15(13-7-8-13)18(16,17)10-12-6-4-3-5-11(12)9-14/h3-6,13H,2,7-8,10H2,1H3. The number of benzene rings is 1. The van der Waals surface area contributed by atoms with Crippen molar-refractivity contribution in [3.05, 3.63) is 35.4 Å². The number of hydrogen-bond donors (Lipinski definition) is 0. The summed E-state index contributed by atoms with van der Waals surface area (Å²) in [5.41, 5.74) is 1.02. The van der Waals surface area contributed by atoms with Crippen LogP contribution in [0.25, 0.3) is 0 Å². The predicted molar refractivity (Wildman–Crippen MR) is 69.2 cm³/mol. The van der Waals surface area contributed by atoms with E-state index in [4.69, 9.17) is 5.26 Å². The molecule has 0 atom stereocenters. The van der Waals surface area contributed by atoms with Gasteiger partial charge >= 0.3 is 0 Å². The molecule has 2 rings (SSSR count). The van der Waals surface area contributed by atoms with Gasteiger partial charge in [-0.15, -0.1) is 0 Å². The highest BCUT2D eigenvalue weighted by molar-refractivity contribution is 7.88. The maximum Gasteiger partial charge on any atom is 0.218 e. The van der Waals surface area contributed by atoms with Crippen LogP contribution in [0, 0.1) is 11.3 Å². The number of nitrogens with zero attached hydrogens (tertiary/aromatic N) is 2. The quantitative estimate of drug-likeness (QED) is 0.815. The molecule has 1 fully saturated rings. The maximum atomic E-state index is 12.3. The fourth-order valence-corrected chi connectivity index (χ4v) is 3.95. The van der Waals surface area contributed by atoms with Crippen LogP contribution in [0.3, 0.4) is 0 Å². The van der Waals surface area contributed by atoms with Gasteiger partial charge in [-0.2, -0.15) is 9.57 Å². The van der Waals surface area contributed by atoms with Gasteiger partial charge in [0.1, 0.15) is 0 Å². The van der Waals surface area contributed by atoms with Gasteiger partial charge in [-0.05, 0) is 24.5 Å². The van der Waals surface area contributed by atoms with Gasteiger partial charge < -0.3 is 0 Å². The molecule has 0 unspecified atom stereocenters. The molecule has 0 heterocycles. The van der Waals surface area contributed by atoms with Crippen LogP contribution in [-0.2, 0) is 15.8 Å². The molecule has 4 nitrogen and oxygen atoms in total. The van der Waals surface area contributed by atoms with Crippen molar-refractivity contribution in [3.8, 4) is 6.07 Å². The lowest BCUT2D eigenvalue weighted by Crippen LogP contribution is -2.34. The molecule has 96 valence electrons. The first-order valence-electron chi connectivity index (χ1n) is 6.06. The topological polar surface area (TPSA) is 61.2 Å². The average molecular weight is 264 g/mol. The Morgan fingerprint density at radius 1 is 1.39 bits per heavy atom. The highest BCUT2D eigenvalue weighted by Crippen LogP contribution is 2.30. The van der Waals surface area contributed by atoms with E-state index in [0.717, 1.165) is 12.8 Å². The lowest BCUT2D eigenvalue weighted by Gasteiger charge is -2.20. The summed E-state index contributed by atoms with van der Waals surface area (Å²) in [6.45, 7) is 2.35. The summed E-state index contributed by atoms with van der Waals surface area (Å²) < 4.78 is 26.2. The minimum atomic E-state index is -3.31. The Bertz CT molecular complexity index is 571. The second-order valence-corrected chi connectivity index (χ2v) is 6.38. The minimum absolute atomic E-state index is 0.0823. The molecule has 1 aliphatic carbocycles. The molecule has 0 saturated heterocycles. The van der Waals surface area contributed by atoms with Gasteiger partial charge in [0.2, 0.25) is 10.0 Å². The van der Waals surface area contributed by atoms with E-state index in [1.54, 1.807) is 28.6 Å². The lowest BCUT2D eigenvalue weighted by molar-refractivity contribution is 0.420. The molecule has 18 heavy (non-hydrogen) atoms. The third-order valence-electron chi connectivity index (χ3n) is 3.10. The molecule has 1 aliphatic rings. The fourth-order valence-electron chi connectivity index (χ4n) is 2.08.